The molecule has 1 fully saturated rings. The van der Waals surface area contributed by atoms with Crippen LogP contribution < -0.4 is 21.0 Å². The number of nitrogens with two attached hydrogens (primary N) is 1. The highest BCUT2D eigenvalue weighted by molar-refractivity contribution is 9.10. The predicted molar refractivity (Wildman–Crippen MR) is 107 cm³/mol. The molecule has 26 heavy (non-hydrogen) atoms. The van der Waals surface area contributed by atoms with Crippen LogP contribution in [0.2, 0.25) is 0 Å². The van der Waals surface area contributed by atoms with Crippen LogP contribution in [0.3, 0.4) is 0 Å². The van der Waals surface area contributed by atoms with Gasteiger partial charge in [0.15, 0.2) is 11.0 Å². The normalized spacial score (nSPS) is 15.2. The van der Waals surface area contributed by atoms with E-state index in [1.54, 1.807) is 6.20 Å². The van der Waals surface area contributed by atoms with Crippen LogP contribution in [-0.2, 0) is 4.79 Å². The van der Waals surface area contributed by atoms with E-state index in [1.807, 2.05) is 12.1 Å². The number of nitrogens with zero attached hydrogens (tertiary/aromatic N) is 4. The van der Waals surface area contributed by atoms with Gasteiger partial charge < -0.3 is 20.6 Å². The molecule has 1 aliphatic heterocycles. The molecule has 1 aliphatic rings. The standard InChI is InChI=1S/C16H19BrN6O2S/c17-11-2-1-3-12(8-11)22-4-6-23(7-5-22)16-19-9-13(26-16)15(18)21-20-10-14(24)25/h1-3,8-9,20H,4-7,10H2,(H2,18,21)(H,24,25). The van der Waals surface area contributed by atoms with Gasteiger partial charge >= 0.3 is 5.97 Å². The number of aliphatic carboxylic acids is 1. The quantitative estimate of drug-likeness (QED) is 0.356. The molecule has 1 aromatic carbocycles. The third-order valence-electron chi connectivity index (χ3n) is 3.90. The van der Waals surface area contributed by atoms with Gasteiger partial charge in [-0.15, -0.1) is 0 Å². The number of anilines is 2. The highest BCUT2D eigenvalue weighted by Crippen LogP contribution is 2.26. The number of carboxylic acids is 1. The summed E-state index contributed by atoms with van der Waals surface area (Å²) in [6, 6.07) is 8.30. The molecular weight excluding hydrogens is 420 g/mol. The van der Waals surface area contributed by atoms with Crippen molar-refractivity contribution in [1.82, 2.24) is 10.4 Å². The highest BCUT2D eigenvalue weighted by Gasteiger charge is 2.20. The third kappa shape index (κ3) is 4.64. The zero-order chi connectivity index (χ0) is 18.5. The van der Waals surface area contributed by atoms with Crippen LogP contribution in [-0.4, -0.2) is 54.6 Å². The van der Waals surface area contributed by atoms with Gasteiger partial charge in [0, 0.05) is 36.3 Å². The van der Waals surface area contributed by atoms with Gasteiger partial charge in [0.05, 0.1) is 11.1 Å². The van der Waals surface area contributed by atoms with Gasteiger partial charge in [0.1, 0.15) is 6.54 Å². The summed E-state index contributed by atoms with van der Waals surface area (Å²) in [7, 11) is 0. The van der Waals surface area contributed by atoms with E-state index in [9.17, 15) is 4.79 Å². The van der Waals surface area contributed by atoms with Gasteiger partial charge in [-0.1, -0.05) is 33.3 Å². The van der Waals surface area contributed by atoms with E-state index >= 15 is 0 Å². The number of hydrazone groups is 1. The lowest BCUT2D eigenvalue weighted by molar-refractivity contribution is -0.135. The van der Waals surface area contributed by atoms with E-state index in [0.29, 0.717) is 4.88 Å². The molecule has 1 aromatic heterocycles. The predicted octanol–water partition coefficient (Wildman–Crippen LogP) is 1.53. The molecule has 0 saturated carbocycles. The number of aromatic nitrogens is 1. The Labute approximate surface area is 163 Å². The molecular formula is C16H19BrN6O2S. The average Bonchev–Trinajstić information content (AvgIpc) is 3.12. The van der Waals surface area contributed by atoms with Crippen molar-refractivity contribution < 1.29 is 9.90 Å². The van der Waals surface area contributed by atoms with Crippen molar-refractivity contribution in [3.63, 3.8) is 0 Å². The second-order valence-corrected chi connectivity index (χ2v) is 7.61. The number of carbonyl (C=O) groups is 1. The molecule has 0 amide bonds. The summed E-state index contributed by atoms with van der Waals surface area (Å²) in [5.74, 6) is -0.752. The zero-order valence-corrected chi connectivity index (χ0v) is 16.3. The molecule has 1 saturated heterocycles. The van der Waals surface area contributed by atoms with Crippen LogP contribution in [0.25, 0.3) is 0 Å². The van der Waals surface area contributed by atoms with E-state index in [0.717, 1.165) is 35.8 Å². The van der Waals surface area contributed by atoms with Crippen molar-refractivity contribution >= 4 is 49.9 Å². The van der Waals surface area contributed by atoms with Gasteiger partial charge in [-0.3, -0.25) is 10.2 Å². The summed E-state index contributed by atoms with van der Waals surface area (Å²) in [5, 5.41) is 13.3. The van der Waals surface area contributed by atoms with Crippen molar-refractivity contribution in [2.24, 2.45) is 10.8 Å². The van der Waals surface area contributed by atoms with Crippen LogP contribution in [0.1, 0.15) is 4.88 Å². The van der Waals surface area contributed by atoms with Crippen molar-refractivity contribution in [2.45, 2.75) is 0 Å². The zero-order valence-electron chi connectivity index (χ0n) is 13.9. The second-order valence-electron chi connectivity index (χ2n) is 5.69. The number of hydrogen-bond acceptors (Lipinski definition) is 7. The van der Waals surface area contributed by atoms with E-state index in [1.165, 1.54) is 17.0 Å². The third-order valence-corrected chi connectivity index (χ3v) is 5.47. The second kappa shape index (κ2) is 8.37. The highest BCUT2D eigenvalue weighted by atomic mass is 79.9. The molecule has 0 spiro atoms. The SMILES string of the molecule is N/C(=N\NCC(=O)O)c1cnc(N2CCN(c3cccc(Br)c3)CC2)s1. The van der Waals surface area contributed by atoms with Gasteiger partial charge in [-0.2, -0.15) is 5.10 Å². The minimum Gasteiger partial charge on any atom is -0.480 e. The first-order valence-corrected chi connectivity index (χ1v) is 9.63. The Morgan fingerprint density at radius 3 is 2.77 bits per heavy atom. The van der Waals surface area contributed by atoms with E-state index in [4.69, 9.17) is 10.8 Å². The van der Waals surface area contributed by atoms with Crippen molar-refractivity contribution in [1.29, 1.82) is 0 Å². The topological polar surface area (TPSA) is 107 Å². The molecule has 0 atom stereocenters. The van der Waals surface area contributed by atoms with Crippen LogP contribution in [0.5, 0.6) is 0 Å². The summed E-state index contributed by atoms with van der Waals surface area (Å²) in [5.41, 5.74) is 9.50. The first-order chi connectivity index (χ1) is 12.5. The summed E-state index contributed by atoms with van der Waals surface area (Å²) >= 11 is 4.96. The van der Waals surface area contributed by atoms with Gasteiger partial charge in [0.25, 0.3) is 0 Å². The number of piperazine rings is 1. The van der Waals surface area contributed by atoms with E-state index < -0.39 is 5.97 Å². The Hall–Kier alpha value is -2.33. The number of rotatable bonds is 6. The molecule has 0 bridgehead atoms. The first-order valence-electron chi connectivity index (χ1n) is 8.02. The minimum absolute atomic E-state index is 0.239. The van der Waals surface area contributed by atoms with Crippen LogP contribution in [0.15, 0.2) is 40.0 Å². The molecule has 0 radical (unpaired) electrons. The Morgan fingerprint density at radius 2 is 2.08 bits per heavy atom. The first kappa shape index (κ1) is 18.5. The maximum absolute atomic E-state index is 10.5. The number of nitrogens with one attached hydrogen (secondary N) is 1. The Morgan fingerprint density at radius 1 is 1.35 bits per heavy atom. The number of hydrogen-bond donors (Lipinski definition) is 3. The lowest BCUT2D eigenvalue weighted by Gasteiger charge is -2.36. The van der Waals surface area contributed by atoms with Gasteiger partial charge in [-0.25, -0.2) is 4.98 Å². The number of thiazole rings is 1. The fraction of sp³-hybridized carbons (Fsp3) is 0.312. The van der Waals surface area contributed by atoms with Crippen LogP contribution in [0, 0.1) is 0 Å². The summed E-state index contributed by atoms with van der Waals surface area (Å²) in [6.07, 6.45) is 1.67. The maximum atomic E-state index is 10.5. The van der Waals surface area contributed by atoms with Crippen molar-refractivity contribution in [3.8, 4) is 0 Å². The summed E-state index contributed by atoms with van der Waals surface area (Å²) in [4.78, 5) is 20.2. The minimum atomic E-state index is -0.991. The molecule has 0 aliphatic carbocycles. The lowest BCUT2D eigenvalue weighted by atomic mass is 10.2. The van der Waals surface area contributed by atoms with Crippen molar-refractivity contribution in [3.05, 3.63) is 39.8 Å². The monoisotopic (exact) mass is 438 g/mol. The molecule has 0 unspecified atom stereocenters. The van der Waals surface area contributed by atoms with Crippen LogP contribution in [0.4, 0.5) is 10.8 Å². The fourth-order valence-electron chi connectivity index (χ4n) is 2.61. The smallest absolute Gasteiger partial charge is 0.324 e. The number of carboxylic acid groups (broad SMARTS) is 1. The fourth-order valence-corrected chi connectivity index (χ4v) is 3.86. The van der Waals surface area contributed by atoms with E-state index in [-0.39, 0.29) is 12.4 Å². The van der Waals surface area contributed by atoms with Gasteiger partial charge in [0.2, 0.25) is 0 Å². The summed E-state index contributed by atoms with van der Waals surface area (Å²) < 4.78 is 1.08. The van der Waals surface area contributed by atoms with Gasteiger partial charge in [-0.05, 0) is 18.2 Å². The maximum Gasteiger partial charge on any atom is 0.324 e. The number of amidine groups is 1. The molecule has 4 N–H and O–H groups in total. The summed E-state index contributed by atoms with van der Waals surface area (Å²) in [6.45, 7) is 3.29. The molecule has 2 heterocycles. The van der Waals surface area contributed by atoms with Crippen LogP contribution >= 0.6 is 27.3 Å². The Balaban J connectivity index is 1.58. The largest absolute Gasteiger partial charge is 0.480 e. The number of halogens is 1. The van der Waals surface area contributed by atoms with E-state index in [2.05, 4.69) is 53.4 Å². The molecule has 138 valence electrons. The average molecular weight is 439 g/mol. The molecule has 10 heteroatoms. The molecule has 2 aromatic rings. The number of benzene rings is 1. The van der Waals surface area contributed by atoms with Crippen molar-refractivity contribution in [2.75, 3.05) is 42.5 Å². The molecule has 3 rings (SSSR count). The Kier molecular flexibility index (Phi) is 5.94. The Bertz CT molecular complexity index is 804. The molecule has 8 nitrogen and oxygen atoms in total. The lowest BCUT2D eigenvalue weighted by Crippen LogP contribution is -2.46.